The lowest BCUT2D eigenvalue weighted by Gasteiger charge is -2.39. The van der Waals surface area contributed by atoms with Crippen molar-refractivity contribution in [2.24, 2.45) is 5.41 Å². The van der Waals surface area contributed by atoms with Crippen molar-refractivity contribution < 1.29 is 9.59 Å². The van der Waals surface area contributed by atoms with Gasteiger partial charge in [-0.05, 0) is 61.1 Å². The van der Waals surface area contributed by atoms with Crippen LogP contribution in [0.5, 0.6) is 0 Å². The van der Waals surface area contributed by atoms with Gasteiger partial charge < -0.3 is 15.5 Å². The molecule has 0 bridgehead atoms. The van der Waals surface area contributed by atoms with Crippen LogP contribution >= 0.6 is 0 Å². The van der Waals surface area contributed by atoms with Gasteiger partial charge in [0.05, 0.1) is 0 Å². The molecule has 0 unspecified atom stereocenters. The van der Waals surface area contributed by atoms with E-state index in [-0.39, 0.29) is 17.1 Å². The minimum atomic E-state index is -0.425. The van der Waals surface area contributed by atoms with E-state index in [0.717, 1.165) is 34.6 Å². The molecule has 0 spiro atoms. The first kappa shape index (κ1) is 22.8. The lowest BCUT2D eigenvalue weighted by molar-refractivity contribution is -0.118. The molecule has 1 amide bonds. The summed E-state index contributed by atoms with van der Waals surface area (Å²) < 4.78 is 0. The number of benzene rings is 1. The molecule has 172 valence electrons. The summed E-state index contributed by atoms with van der Waals surface area (Å²) in [4.78, 5) is 33.3. The molecule has 0 saturated carbocycles. The third kappa shape index (κ3) is 4.56. The van der Waals surface area contributed by atoms with Crippen LogP contribution in [0.4, 0.5) is 11.5 Å². The highest BCUT2D eigenvalue weighted by Gasteiger charge is 2.42. The molecule has 33 heavy (non-hydrogen) atoms. The third-order valence-electron chi connectivity index (χ3n) is 6.38. The molecule has 1 aromatic carbocycles. The highest BCUT2D eigenvalue weighted by molar-refractivity contribution is 6.09. The van der Waals surface area contributed by atoms with Crippen LogP contribution in [0.15, 0.2) is 65.1 Å². The van der Waals surface area contributed by atoms with Crippen molar-refractivity contribution >= 4 is 23.2 Å². The van der Waals surface area contributed by atoms with E-state index in [1.807, 2.05) is 69.2 Å². The number of carbonyl (C=O) groups is 2. The van der Waals surface area contributed by atoms with E-state index in [9.17, 15) is 9.59 Å². The zero-order chi connectivity index (χ0) is 23.9. The molecule has 2 heterocycles. The molecule has 2 aromatic rings. The number of aromatic nitrogens is 1. The lowest BCUT2D eigenvalue weighted by atomic mass is 9.68. The van der Waals surface area contributed by atoms with Crippen LogP contribution in [0.25, 0.3) is 0 Å². The van der Waals surface area contributed by atoms with Crippen molar-refractivity contribution in [3.8, 4) is 0 Å². The molecule has 1 aliphatic heterocycles. The van der Waals surface area contributed by atoms with Gasteiger partial charge in [-0.25, -0.2) is 4.98 Å². The van der Waals surface area contributed by atoms with Gasteiger partial charge in [-0.1, -0.05) is 26.0 Å². The van der Waals surface area contributed by atoms with Gasteiger partial charge in [-0.3, -0.25) is 9.59 Å². The Kier molecular flexibility index (Phi) is 5.87. The molecular weight excluding hydrogens is 412 g/mol. The summed E-state index contributed by atoms with van der Waals surface area (Å²) in [5.41, 5.74) is 5.86. The Bertz CT molecular complexity index is 1170. The van der Waals surface area contributed by atoms with Crippen molar-refractivity contribution in [3.63, 3.8) is 0 Å². The fourth-order valence-corrected chi connectivity index (χ4v) is 4.82. The van der Waals surface area contributed by atoms with Crippen LogP contribution < -0.4 is 15.5 Å². The number of rotatable bonds is 4. The van der Waals surface area contributed by atoms with Gasteiger partial charge in [-0.15, -0.1) is 0 Å². The number of dihydropyridines is 1. The Hall–Kier alpha value is -3.41. The zero-order valence-electron chi connectivity index (χ0n) is 20.2. The van der Waals surface area contributed by atoms with Crippen LogP contribution in [-0.2, 0) is 9.59 Å². The summed E-state index contributed by atoms with van der Waals surface area (Å²) in [6.07, 6.45) is 2.91. The molecule has 0 radical (unpaired) electrons. The van der Waals surface area contributed by atoms with E-state index >= 15 is 0 Å². The first-order valence-corrected chi connectivity index (χ1v) is 11.3. The predicted molar refractivity (Wildman–Crippen MR) is 132 cm³/mol. The highest BCUT2D eigenvalue weighted by Crippen LogP contribution is 2.46. The monoisotopic (exact) mass is 444 g/mol. The molecule has 0 saturated heterocycles. The third-order valence-corrected chi connectivity index (χ3v) is 6.38. The molecule has 4 rings (SSSR count). The van der Waals surface area contributed by atoms with Crippen molar-refractivity contribution in [2.75, 3.05) is 24.3 Å². The molecule has 2 N–H and O–H groups in total. The summed E-state index contributed by atoms with van der Waals surface area (Å²) in [7, 11) is 3.98. The summed E-state index contributed by atoms with van der Waals surface area (Å²) >= 11 is 0. The number of Topliss-reactive ketones (excluding diaryl/α,β-unsaturated/α-hetero) is 1. The van der Waals surface area contributed by atoms with Gasteiger partial charge in [-0.2, -0.15) is 0 Å². The maximum absolute atomic E-state index is 13.6. The number of nitrogens with zero attached hydrogens (tertiary/aromatic N) is 2. The topological polar surface area (TPSA) is 74.3 Å². The number of hydrogen-bond donors (Lipinski definition) is 2. The zero-order valence-corrected chi connectivity index (χ0v) is 20.2. The normalized spacial score (nSPS) is 19.7. The Balaban J connectivity index is 1.80. The number of ketones is 1. The maximum Gasteiger partial charge on any atom is 0.255 e. The van der Waals surface area contributed by atoms with Gasteiger partial charge in [0, 0.05) is 60.9 Å². The van der Waals surface area contributed by atoms with Crippen molar-refractivity contribution in [3.05, 3.63) is 76.3 Å². The van der Waals surface area contributed by atoms with E-state index in [1.165, 1.54) is 0 Å². The van der Waals surface area contributed by atoms with Crippen molar-refractivity contribution in [1.82, 2.24) is 10.3 Å². The first-order chi connectivity index (χ1) is 15.6. The number of allylic oxidation sites excluding steroid dienone is 3. The standard InChI is InChI=1S/C27H32N4O2/c1-16-11-12-28-22(13-16)30-26(33)23-17(2)29-20-14-27(3,4)15-21(32)25(20)24(23)18-7-9-19(10-8-18)31(5)6/h7-13,24,29H,14-15H2,1-6H3,(H,28,30,33)/t24-/m1/s1. The maximum atomic E-state index is 13.6. The largest absolute Gasteiger partial charge is 0.378 e. The Morgan fingerprint density at radius 2 is 1.82 bits per heavy atom. The van der Waals surface area contributed by atoms with E-state index in [1.54, 1.807) is 6.20 Å². The van der Waals surface area contributed by atoms with Crippen LogP contribution in [0.2, 0.25) is 0 Å². The van der Waals surface area contributed by atoms with Crippen LogP contribution in [-0.4, -0.2) is 30.8 Å². The number of aryl methyl sites for hydroxylation is 1. The smallest absolute Gasteiger partial charge is 0.255 e. The average molecular weight is 445 g/mol. The van der Waals surface area contributed by atoms with Crippen LogP contribution in [0, 0.1) is 12.3 Å². The second kappa shape index (κ2) is 8.50. The molecule has 6 heteroatoms. The van der Waals surface area contributed by atoms with Gasteiger partial charge in [0.15, 0.2) is 5.78 Å². The van der Waals surface area contributed by atoms with E-state index < -0.39 is 5.92 Å². The number of anilines is 2. The fraction of sp³-hybridized carbons (Fsp3) is 0.370. The summed E-state index contributed by atoms with van der Waals surface area (Å²) in [6, 6.07) is 11.8. The SMILES string of the molecule is CC1=C(C(=O)Nc2cc(C)ccn2)[C@@H](c2ccc(N(C)C)cc2)C2=C(CC(C)(C)CC2=O)N1. The van der Waals surface area contributed by atoms with E-state index in [0.29, 0.717) is 23.4 Å². The number of pyridine rings is 1. The highest BCUT2D eigenvalue weighted by atomic mass is 16.2. The first-order valence-electron chi connectivity index (χ1n) is 11.3. The predicted octanol–water partition coefficient (Wildman–Crippen LogP) is 4.70. The molecule has 1 aliphatic carbocycles. The average Bonchev–Trinajstić information content (AvgIpc) is 2.71. The van der Waals surface area contributed by atoms with Crippen LogP contribution in [0.3, 0.4) is 0 Å². The number of amides is 1. The Labute approximate surface area is 195 Å². The quantitative estimate of drug-likeness (QED) is 0.715. The summed E-state index contributed by atoms with van der Waals surface area (Å²) in [5, 5.41) is 6.36. The molecule has 0 fully saturated rings. The summed E-state index contributed by atoms with van der Waals surface area (Å²) in [6.45, 7) is 8.10. The molecular formula is C27H32N4O2. The molecule has 1 aromatic heterocycles. The number of nitrogens with one attached hydrogen (secondary N) is 2. The molecule has 2 aliphatic rings. The minimum Gasteiger partial charge on any atom is -0.378 e. The van der Waals surface area contributed by atoms with Crippen molar-refractivity contribution in [2.45, 2.75) is 46.5 Å². The second-order valence-electron chi connectivity index (χ2n) is 10.1. The van der Waals surface area contributed by atoms with Gasteiger partial charge >= 0.3 is 0 Å². The summed E-state index contributed by atoms with van der Waals surface area (Å²) in [5.74, 6) is -0.0744. The lowest BCUT2D eigenvalue weighted by Crippen LogP contribution is -2.39. The van der Waals surface area contributed by atoms with Gasteiger partial charge in [0.2, 0.25) is 0 Å². The Morgan fingerprint density at radius 1 is 1.12 bits per heavy atom. The van der Waals surface area contributed by atoms with Crippen molar-refractivity contribution in [1.29, 1.82) is 0 Å². The minimum absolute atomic E-state index is 0.0990. The van der Waals surface area contributed by atoms with E-state index in [2.05, 4.69) is 29.5 Å². The number of carbonyl (C=O) groups excluding carboxylic acids is 2. The second-order valence-corrected chi connectivity index (χ2v) is 10.1. The van der Waals surface area contributed by atoms with Gasteiger partial charge in [0.25, 0.3) is 5.91 Å². The molecule has 1 atom stereocenters. The van der Waals surface area contributed by atoms with Gasteiger partial charge in [0.1, 0.15) is 5.82 Å². The Morgan fingerprint density at radius 3 is 2.45 bits per heavy atom. The van der Waals surface area contributed by atoms with E-state index in [4.69, 9.17) is 0 Å². The van der Waals surface area contributed by atoms with Crippen LogP contribution in [0.1, 0.15) is 50.7 Å². The fourth-order valence-electron chi connectivity index (χ4n) is 4.82. The molecule has 6 nitrogen and oxygen atoms in total. The number of hydrogen-bond acceptors (Lipinski definition) is 5.